The molecular weight excluding hydrogens is 316 g/mol. The lowest BCUT2D eigenvalue weighted by molar-refractivity contribution is 0.551. The molecule has 0 saturated heterocycles. The third kappa shape index (κ3) is 1.42. The summed E-state index contributed by atoms with van der Waals surface area (Å²) in [5.74, 6) is -0.0989. The Bertz CT molecular complexity index is 969. The Balaban J connectivity index is 2.87. The van der Waals surface area contributed by atoms with E-state index in [1.54, 1.807) is 0 Å². The van der Waals surface area contributed by atoms with E-state index in [9.17, 15) is 0 Å². The molecule has 3 aromatic rings. The molecular formula is C10H20N14. The zero-order chi connectivity index (χ0) is 18.1. The highest BCUT2D eigenvalue weighted by Crippen LogP contribution is 2.34. The molecule has 0 unspecified atom stereocenters. The smallest absolute Gasteiger partial charge is 0.170 e. The Labute approximate surface area is 134 Å². The fourth-order valence-corrected chi connectivity index (χ4v) is 2.47. The normalized spacial score (nSPS) is 11.3. The highest BCUT2D eigenvalue weighted by molar-refractivity contribution is 5.85. The summed E-state index contributed by atoms with van der Waals surface area (Å²) in [5.41, 5.74) is 59.9. The molecule has 3 heterocycles. The van der Waals surface area contributed by atoms with Crippen LogP contribution in [0.2, 0.25) is 0 Å². The van der Waals surface area contributed by atoms with Crippen LogP contribution in [0.15, 0.2) is 0 Å². The predicted octanol–water partition coefficient (Wildman–Crippen LogP) is -2.66. The zero-order valence-corrected chi connectivity index (χ0v) is 12.6. The highest BCUT2D eigenvalue weighted by Gasteiger charge is 2.22. The van der Waals surface area contributed by atoms with E-state index in [0.29, 0.717) is 0 Å². The highest BCUT2D eigenvalue weighted by atomic mass is 15.7. The van der Waals surface area contributed by atoms with Gasteiger partial charge < -0.3 is 57.3 Å². The quantitative estimate of drug-likeness (QED) is 0.190. The topological polar surface area (TPSA) is 278 Å². The van der Waals surface area contributed by atoms with Gasteiger partial charge in [0, 0.05) is 0 Å². The van der Waals surface area contributed by atoms with Crippen molar-refractivity contribution in [3.8, 4) is 0 Å². The number of nitrogen functional groups attached to an aromatic ring is 10. The molecule has 0 bridgehead atoms. The minimum atomic E-state index is -0.0221. The molecule has 0 saturated carbocycles. The van der Waals surface area contributed by atoms with E-state index >= 15 is 0 Å². The lowest BCUT2D eigenvalue weighted by Gasteiger charge is -2.25. The van der Waals surface area contributed by atoms with Gasteiger partial charge in [0.15, 0.2) is 34.9 Å². The molecule has 3 aromatic heterocycles. The van der Waals surface area contributed by atoms with Crippen LogP contribution >= 0.6 is 0 Å². The predicted molar refractivity (Wildman–Crippen MR) is 97.0 cm³/mol. The number of nitrogens with zero attached hydrogens (tertiary/aromatic N) is 4. The first-order chi connectivity index (χ1) is 11.1. The van der Waals surface area contributed by atoms with Crippen molar-refractivity contribution in [3.05, 3.63) is 0 Å². The SMILES string of the molecule is Nc1c(N)c(N)n2n(c1N)c(N)c(N)n1c(N)c(N)c(N)c(N)n12. The van der Waals surface area contributed by atoms with Crippen molar-refractivity contribution in [2.75, 3.05) is 57.3 Å². The third-order valence-electron chi connectivity index (χ3n) is 3.85. The molecule has 0 fully saturated rings. The third-order valence-corrected chi connectivity index (χ3v) is 3.85. The van der Waals surface area contributed by atoms with Crippen molar-refractivity contribution in [3.63, 3.8) is 0 Å². The van der Waals surface area contributed by atoms with Gasteiger partial charge in [0.25, 0.3) is 0 Å². The molecule has 130 valence electrons. The molecule has 0 atom stereocenters. The second kappa shape index (κ2) is 4.22. The van der Waals surface area contributed by atoms with Crippen LogP contribution in [-0.2, 0) is 0 Å². The molecule has 0 spiro atoms. The lowest BCUT2D eigenvalue weighted by Crippen LogP contribution is -2.31. The van der Waals surface area contributed by atoms with Gasteiger partial charge in [0.05, 0.1) is 0 Å². The number of anilines is 10. The van der Waals surface area contributed by atoms with Crippen LogP contribution in [0.25, 0.3) is 0 Å². The fraction of sp³-hybridized carbons (Fsp3) is 0. The maximum atomic E-state index is 6.06. The van der Waals surface area contributed by atoms with Crippen LogP contribution < -0.4 is 57.3 Å². The number of rotatable bonds is 0. The molecule has 24 heavy (non-hydrogen) atoms. The van der Waals surface area contributed by atoms with E-state index in [2.05, 4.69) is 0 Å². The van der Waals surface area contributed by atoms with Gasteiger partial charge in [-0.25, -0.2) is 0 Å². The first-order valence-corrected chi connectivity index (χ1v) is 6.58. The summed E-state index contributed by atoms with van der Waals surface area (Å²) in [6, 6.07) is 0. The summed E-state index contributed by atoms with van der Waals surface area (Å²) in [5, 5.41) is 0. The average Bonchev–Trinajstić information content (AvgIpc) is 2.56. The number of nitrogens with two attached hydrogens (primary N) is 10. The Morgan fingerprint density at radius 3 is 0.875 bits per heavy atom. The molecule has 0 aromatic carbocycles. The van der Waals surface area contributed by atoms with Crippen molar-refractivity contribution in [1.29, 1.82) is 0 Å². The molecule has 0 amide bonds. The monoisotopic (exact) mass is 336 g/mol. The fourth-order valence-electron chi connectivity index (χ4n) is 2.47. The van der Waals surface area contributed by atoms with E-state index < -0.39 is 0 Å². The number of fused-ring (bicyclic) bond motifs is 3. The minimum Gasteiger partial charge on any atom is -0.394 e. The van der Waals surface area contributed by atoms with Gasteiger partial charge in [-0.1, -0.05) is 0 Å². The second-order valence-corrected chi connectivity index (χ2v) is 5.17. The zero-order valence-electron chi connectivity index (χ0n) is 12.6. The summed E-state index contributed by atoms with van der Waals surface area (Å²) in [7, 11) is 0. The van der Waals surface area contributed by atoms with Gasteiger partial charge in [0.1, 0.15) is 22.7 Å². The summed E-state index contributed by atoms with van der Waals surface area (Å²) < 4.78 is 4.91. The van der Waals surface area contributed by atoms with Crippen molar-refractivity contribution < 1.29 is 0 Å². The van der Waals surface area contributed by atoms with E-state index in [4.69, 9.17) is 57.3 Å². The Morgan fingerprint density at radius 2 is 0.583 bits per heavy atom. The van der Waals surface area contributed by atoms with Crippen LogP contribution in [0.3, 0.4) is 0 Å². The number of aromatic nitrogens is 4. The van der Waals surface area contributed by atoms with E-state index in [1.807, 2.05) is 0 Å². The van der Waals surface area contributed by atoms with E-state index in [1.165, 1.54) is 18.3 Å². The molecule has 3 rings (SSSR count). The van der Waals surface area contributed by atoms with Gasteiger partial charge in [0.2, 0.25) is 0 Å². The minimum absolute atomic E-state index is 0.00531. The van der Waals surface area contributed by atoms with Gasteiger partial charge in [-0.2, -0.15) is 9.03 Å². The average molecular weight is 336 g/mol. The Morgan fingerprint density at radius 1 is 0.333 bits per heavy atom. The maximum absolute atomic E-state index is 6.06. The number of hydrogen-bond acceptors (Lipinski definition) is 10. The van der Waals surface area contributed by atoms with Crippen LogP contribution in [0.1, 0.15) is 0 Å². The van der Waals surface area contributed by atoms with Crippen LogP contribution in [0.5, 0.6) is 0 Å². The molecule has 0 aliphatic carbocycles. The largest absolute Gasteiger partial charge is 0.394 e. The molecule has 20 N–H and O–H groups in total. The van der Waals surface area contributed by atoms with Gasteiger partial charge >= 0.3 is 0 Å². The number of hydrogen-bond donors (Lipinski definition) is 10. The van der Waals surface area contributed by atoms with Crippen molar-refractivity contribution in [2.45, 2.75) is 0 Å². The summed E-state index contributed by atoms with van der Waals surface area (Å²) in [4.78, 5) is 0. The van der Waals surface area contributed by atoms with Crippen LogP contribution in [0.4, 0.5) is 57.7 Å². The Hall–Kier alpha value is -4.10. The maximum Gasteiger partial charge on any atom is 0.170 e. The van der Waals surface area contributed by atoms with Crippen LogP contribution in [-0.4, -0.2) is 18.3 Å². The molecule has 14 heteroatoms. The summed E-state index contributed by atoms with van der Waals surface area (Å²) in [6.07, 6.45) is 0. The first kappa shape index (κ1) is 14.8. The molecule has 0 aliphatic rings. The van der Waals surface area contributed by atoms with E-state index in [-0.39, 0.29) is 57.7 Å². The van der Waals surface area contributed by atoms with Crippen molar-refractivity contribution in [2.24, 2.45) is 0 Å². The van der Waals surface area contributed by atoms with Gasteiger partial charge in [-0.05, 0) is 0 Å². The molecule has 0 radical (unpaired) electrons. The van der Waals surface area contributed by atoms with Crippen molar-refractivity contribution >= 4 is 57.7 Å². The second-order valence-electron chi connectivity index (χ2n) is 5.17. The summed E-state index contributed by atoms with van der Waals surface area (Å²) in [6.45, 7) is 0. The molecule has 0 aliphatic heterocycles. The van der Waals surface area contributed by atoms with Gasteiger partial charge in [-0.15, -0.1) is 9.26 Å². The summed E-state index contributed by atoms with van der Waals surface area (Å²) >= 11 is 0. The first-order valence-electron chi connectivity index (χ1n) is 6.58. The molecule has 14 nitrogen and oxygen atoms in total. The van der Waals surface area contributed by atoms with E-state index in [0.717, 1.165) is 0 Å². The van der Waals surface area contributed by atoms with Crippen molar-refractivity contribution in [1.82, 2.24) is 18.3 Å². The standard InChI is InChI=1S/C10H20N14/c11-1-3(13)7(17)23-21(5(1)15)9(19)10(20)22-6(16)2(12)4(14)8(18)24(22)23/h11-20H2. The van der Waals surface area contributed by atoms with Crippen LogP contribution in [0, 0.1) is 0 Å². The lowest BCUT2D eigenvalue weighted by atomic mass is 10.3. The Kier molecular flexibility index (Phi) is 2.60. The van der Waals surface area contributed by atoms with Gasteiger partial charge in [-0.3, -0.25) is 0 Å².